The van der Waals surface area contributed by atoms with Crippen LogP contribution in [0.15, 0.2) is 200 Å². The van der Waals surface area contributed by atoms with Crippen LogP contribution in [0.5, 0.6) is 17.2 Å². The van der Waals surface area contributed by atoms with E-state index in [4.69, 9.17) is 20.1 Å². The largest absolute Gasteiger partial charge is 0.534 e. The molecule has 0 atom stereocenters. The van der Waals surface area contributed by atoms with Crippen LogP contribution in [-0.4, -0.2) is 60.2 Å². The van der Waals surface area contributed by atoms with E-state index in [9.17, 15) is 67.4 Å². The van der Waals surface area contributed by atoms with Crippen LogP contribution in [0.2, 0.25) is 0 Å². The third-order valence-corrected chi connectivity index (χ3v) is 18.7. The number of phenols is 2. The van der Waals surface area contributed by atoms with Crippen LogP contribution < -0.4 is 31.3 Å². The molecule has 10 aromatic rings. The van der Waals surface area contributed by atoms with Crippen molar-refractivity contribution in [3.63, 3.8) is 0 Å². The van der Waals surface area contributed by atoms with Gasteiger partial charge in [0.1, 0.15) is 68.8 Å². The number of amides is 3. The lowest BCUT2D eigenvalue weighted by atomic mass is 9.79. The maximum Gasteiger partial charge on any atom is 0.534 e. The zero-order valence-corrected chi connectivity index (χ0v) is 60.1. The molecule has 27 heteroatoms. The van der Waals surface area contributed by atoms with E-state index in [0.29, 0.717) is 33.8 Å². The van der Waals surface area contributed by atoms with Crippen molar-refractivity contribution in [2.75, 3.05) is 21.7 Å². The molecule has 1 fully saturated rings. The number of nitrogens with one attached hydrogen (secondary N) is 3. The minimum atomic E-state index is -5.82. The molecular formula is C74H64BF9I2N4O10S. The van der Waals surface area contributed by atoms with Gasteiger partial charge in [-0.2, -0.15) is 21.6 Å². The van der Waals surface area contributed by atoms with Gasteiger partial charge < -0.3 is 45.4 Å². The number of benzene rings is 10. The van der Waals surface area contributed by atoms with Crippen LogP contribution in [0, 0.1) is 69.7 Å². The monoisotopic (exact) mass is 1640 g/mol. The second-order valence-electron chi connectivity index (χ2n) is 23.4. The maximum atomic E-state index is 13.7. The van der Waals surface area contributed by atoms with Crippen LogP contribution in [0.1, 0.15) is 81.0 Å². The summed E-state index contributed by atoms with van der Waals surface area (Å²) in [4.78, 5) is 36.4. The van der Waals surface area contributed by atoms with E-state index in [-0.39, 0.29) is 11.4 Å². The standard InChI is InChI=1S/C21H14F5NO4S.C20H15F2NO2.C19H20BF2NO3.C7H8IN.C7H7IO/c1-12-5-10-15(31-32(29,30)21(24,25)26)11-16(12)13-6-8-14(9-7-13)27-20(28)19-17(22)3-2-4-18(19)23;1-12-5-10-15(24)11-16(12)13-6-8-14(9-7-13)23-20(25)19-17(21)3-2-4-18(19)22;1-18(2)19(3,4)26-20(25-18)12-8-10-13(11-9-12)23-17(24)16-14(21)6-5-7-15(16)22;2*1-5-2-3-6(9)4-7(5)8/h2-11H,1H3,(H,27,28);2-11,24H,1H3,(H,23,25);5-11H,1-4H3,(H,23,24);2-4H,9H2,1H3;2-4,9H,1H3. The number of alkyl halides is 3. The lowest BCUT2D eigenvalue weighted by molar-refractivity contribution is -0.0500. The van der Waals surface area contributed by atoms with Gasteiger partial charge in [0.15, 0.2) is 0 Å². The molecule has 1 aliphatic rings. The molecule has 7 N–H and O–H groups in total. The van der Waals surface area contributed by atoms with Crippen molar-refractivity contribution < 1.29 is 86.0 Å². The Hall–Kier alpha value is -9.43. The first kappa shape index (κ1) is 78.9. The fraction of sp³-hybridized carbons (Fsp3) is 0.149. The van der Waals surface area contributed by atoms with Gasteiger partial charge in [-0.25, -0.2) is 26.3 Å². The van der Waals surface area contributed by atoms with Gasteiger partial charge in [0, 0.05) is 29.9 Å². The van der Waals surface area contributed by atoms with Crippen molar-refractivity contribution in [3.05, 3.63) is 281 Å². The number of hydrogen-bond donors (Lipinski definition) is 6. The van der Waals surface area contributed by atoms with Gasteiger partial charge in [-0.3, -0.25) is 14.4 Å². The van der Waals surface area contributed by atoms with Crippen molar-refractivity contribution in [1.29, 1.82) is 0 Å². The molecule has 0 spiro atoms. The van der Waals surface area contributed by atoms with Gasteiger partial charge in [0.2, 0.25) is 0 Å². The second-order valence-corrected chi connectivity index (χ2v) is 27.3. The number of anilines is 4. The fourth-order valence-electron chi connectivity index (χ4n) is 9.14. The van der Waals surface area contributed by atoms with Gasteiger partial charge >= 0.3 is 22.7 Å². The summed E-state index contributed by atoms with van der Waals surface area (Å²) in [5.41, 5.74) is 6.35. The number of nitrogens with two attached hydrogens (primary N) is 1. The number of aromatic hydroxyl groups is 2. The summed E-state index contributed by atoms with van der Waals surface area (Å²) in [6.07, 6.45) is 0. The predicted molar refractivity (Wildman–Crippen MR) is 389 cm³/mol. The average Bonchev–Trinajstić information content (AvgIpc) is 1.64. The molecule has 14 nitrogen and oxygen atoms in total. The Balaban J connectivity index is 0.000000190. The second kappa shape index (κ2) is 33.8. The van der Waals surface area contributed by atoms with Crippen LogP contribution in [0.4, 0.5) is 62.3 Å². The molecule has 1 saturated heterocycles. The molecule has 0 aliphatic carbocycles. The van der Waals surface area contributed by atoms with E-state index in [1.54, 1.807) is 85.8 Å². The first-order valence-electron chi connectivity index (χ1n) is 30.2. The highest BCUT2D eigenvalue weighted by molar-refractivity contribution is 14.1. The number of phenolic OH excluding ortho intramolecular Hbond substituents is 2. The van der Waals surface area contributed by atoms with Crippen LogP contribution in [0.3, 0.4) is 0 Å². The van der Waals surface area contributed by atoms with Crippen molar-refractivity contribution in [1.82, 2.24) is 0 Å². The maximum absolute atomic E-state index is 13.7. The van der Waals surface area contributed by atoms with Crippen molar-refractivity contribution in [3.8, 4) is 39.5 Å². The summed E-state index contributed by atoms with van der Waals surface area (Å²) in [7, 11) is -6.34. The molecule has 1 aliphatic heterocycles. The summed E-state index contributed by atoms with van der Waals surface area (Å²) in [5, 5.41) is 25.9. The van der Waals surface area contributed by atoms with Crippen molar-refractivity contribution in [2.45, 2.75) is 72.1 Å². The predicted octanol–water partition coefficient (Wildman–Crippen LogP) is 18.3. The lowest BCUT2D eigenvalue weighted by Crippen LogP contribution is -2.41. The highest BCUT2D eigenvalue weighted by Gasteiger charge is 2.52. The van der Waals surface area contributed by atoms with Gasteiger partial charge in [-0.05, 0) is 272 Å². The van der Waals surface area contributed by atoms with E-state index in [1.807, 2.05) is 65.8 Å². The zero-order chi connectivity index (χ0) is 74.5. The topological polar surface area (TPSA) is 216 Å². The lowest BCUT2D eigenvalue weighted by Gasteiger charge is -2.32. The molecule has 10 aromatic carbocycles. The minimum Gasteiger partial charge on any atom is -0.508 e. The molecule has 1 heterocycles. The number of hydrogen-bond acceptors (Lipinski definition) is 11. The highest BCUT2D eigenvalue weighted by Crippen LogP contribution is 2.37. The summed E-state index contributed by atoms with van der Waals surface area (Å²) in [6.45, 7) is 15.5. The summed E-state index contributed by atoms with van der Waals surface area (Å²) in [5.74, 6) is -8.42. The molecule has 526 valence electrons. The molecular weight excluding hydrogens is 1570 g/mol. The van der Waals surface area contributed by atoms with E-state index in [0.717, 1.165) is 86.0 Å². The number of halogens is 11. The van der Waals surface area contributed by atoms with E-state index < -0.39 is 109 Å². The number of aryl methyl sites for hydroxylation is 4. The Kier molecular flexibility index (Phi) is 26.4. The van der Waals surface area contributed by atoms with Gasteiger partial charge in [-0.15, -0.1) is 0 Å². The van der Waals surface area contributed by atoms with Crippen LogP contribution in [0.25, 0.3) is 22.3 Å². The molecule has 101 heavy (non-hydrogen) atoms. The summed E-state index contributed by atoms with van der Waals surface area (Å²) in [6, 6.07) is 48.8. The Morgan fingerprint density at radius 2 is 0.792 bits per heavy atom. The van der Waals surface area contributed by atoms with Gasteiger partial charge in [0.25, 0.3) is 17.7 Å². The molecule has 0 bridgehead atoms. The van der Waals surface area contributed by atoms with Crippen molar-refractivity contribution in [2.24, 2.45) is 0 Å². The Morgan fingerprint density at radius 1 is 0.465 bits per heavy atom. The molecule has 0 aromatic heterocycles. The first-order chi connectivity index (χ1) is 47.3. The quantitative estimate of drug-likeness (QED) is 0.0179. The van der Waals surface area contributed by atoms with E-state index in [2.05, 4.69) is 72.2 Å². The van der Waals surface area contributed by atoms with Crippen molar-refractivity contribution >= 4 is 108 Å². The third-order valence-electron chi connectivity index (χ3n) is 15.4. The van der Waals surface area contributed by atoms with Gasteiger partial charge in [-0.1, -0.05) is 78.9 Å². The number of carbonyl (C=O) groups excluding carboxylic acids is 3. The van der Waals surface area contributed by atoms with Crippen LogP contribution in [-0.2, 0) is 19.4 Å². The van der Waals surface area contributed by atoms with Gasteiger partial charge in [0.05, 0.1) is 11.2 Å². The Labute approximate surface area is 604 Å². The van der Waals surface area contributed by atoms with Crippen LogP contribution >= 0.6 is 45.2 Å². The van der Waals surface area contributed by atoms with E-state index in [1.165, 1.54) is 57.2 Å². The average molecular weight is 1640 g/mol. The highest BCUT2D eigenvalue weighted by atomic mass is 127. The molecule has 11 rings (SSSR count). The number of rotatable bonds is 11. The zero-order valence-electron chi connectivity index (χ0n) is 54.9. The number of carbonyl (C=O) groups is 3. The molecule has 3 amide bonds. The summed E-state index contributed by atoms with van der Waals surface area (Å²) < 4.78 is 161. The smallest absolute Gasteiger partial charge is 0.508 e. The molecule has 0 radical (unpaired) electrons. The van der Waals surface area contributed by atoms with E-state index >= 15 is 0 Å². The molecule has 0 saturated carbocycles. The minimum absolute atomic E-state index is 0.160. The first-order valence-corrected chi connectivity index (χ1v) is 33.7. The Bertz CT molecular complexity index is 4640. The normalized spacial score (nSPS) is 12.7. The number of nitrogen functional groups attached to an aromatic ring is 1. The third kappa shape index (κ3) is 21.1. The SMILES string of the molecule is CC1(C)OB(c2ccc(NC(=O)c3c(F)cccc3F)cc2)OC1(C)C.Cc1ccc(N)cc1I.Cc1ccc(O)cc1-c1ccc(NC(=O)c2c(F)cccc2F)cc1.Cc1ccc(O)cc1I.Cc1ccc(OS(=O)(=O)C(F)(F)F)cc1-c1ccc(NC(=O)c2c(F)cccc2F)cc1. The Morgan fingerprint density at radius 3 is 1.14 bits per heavy atom. The fourth-order valence-corrected chi connectivity index (χ4v) is 10.6. The summed E-state index contributed by atoms with van der Waals surface area (Å²) >= 11 is 4.46. The molecule has 0 unspecified atom stereocenters.